The van der Waals surface area contributed by atoms with E-state index in [1.807, 2.05) is 39.0 Å². The molecule has 2 aromatic rings. The molecule has 1 heterocycles. The summed E-state index contributed by atoms with van der Waals surface area (Å²) in [7, 11) is 1.59. The Morgan fingerprint density at radius 3 is 2.04 bits per heavy atom. The number of aryl methyl sites for hydroxylation is 2. The third-order valence-electron chi connectivity index (χ3n) is 4.89. The fraction of sp³-hybridized carbons (Fsp3) is 0.391. The summed E-state index contributed by atoms with van der Waals surface area (Å²) >= 11 is 6.63. The topological polar surface area (TPSA) is 42.2 Å². The Morgan fingerprint density at radius 1 is 1.07 bits per heavy atom. The maximum Gasteiger partial charge on any atom is 0.263 e. The number of amides is 1. The first-order valence-corrected chi connectivity index (χ1v) is 9.99. The summed E-state index contributed by atoms with van der Waals surface area (Å²) in [5.41, 5.74) is 6.12. The molecule has 1 N–H and O–H groups in total. The minimum absolute atomic E-state index is 0.205. The third kappa shape index (κ3) is 4.56. The summed E-state index contributed by atoms with van der Waals surface area (Å²) < 4.78 is 1.67. The Bertz CT molecular complexity index is 794. The lowest BCUT2D eigenvalue weighted by molar-refractivity contribution is -0.893. The summed E-state index contributed by atoms with van der Waals surface area (Å²) in [6.07, 6.45) is 2.42. The third-order valence-corrected chi connectivity index (χ3v) is 5.31. The van der Waals surface area contributed by atoms with E-state index in [0.717, 1.165) is 47.3 Å². The van der Waals surface area contributed by atoms with Gasteiger partial charge in [0.1, 0.15) is 12.7 Å². The van der Waals surface area contributed by atoms with Crippen LogP contribution in [0, 0.1) is 13.8 Å². The highest BCUT2D eigenvalue weighted by Crippen LogP contribution is 2.28. The van der Waals surface area contributed by atoms with E-state index < -0.39 is 0 Å². The first-order chi connectivity index (χ1) is 13.4. The van der Waals surface area contributed by atoms with E-state index in [9.17, 15) is 4.79 Å². The van der Waals surface area contributed by atoms with Gasteiger partial charge in [0.2, 0.25) is 11.4 Å². The lowest BCUT2D eigenvalue weighted by Crippen LogP contribution is -2.48. The Kier molecular flexibility index (Phi) is 9.20. The van der Waals surface area contributed by atoms with E-state index >= 15 is 0 Å². The van der Waals surface area contributed by atoms with Crippen LogP contribution in [0.5, 0.6) is 0 Å². The van der Waals surface area contributed by atoms with Crippen molar-refractivity contribution in [3.05, 3.63) is 70.0 Å². The van der Waals surface area contributed by atoms with Gasteiger partial charge in [0.15, 0.2) is 0 Å². The average Bonchev–Trinajstić information content (AvgIpc) is 2.70. The molecule has 0 saturated heterocycles. The number of hydrogen-bond donors (Lipinski definition) is 1. The first kappa shape index (κ1) is 23.7. The second kappa shape index (κ2) is 10.9. The maximum atomic E-state index is 13.2. The summed E-state index contributed by atoms with van der Waals surface area (Å²) in [4.78, 5) is 18.7. The fourth-order valence-electron chi connectivity index (χ4n) is 3.47. The number of para-hydroxylation sites is 1. The van der Waals surface area contributed by atoms with Crippen LogP contribution in [0.15, 0.2) is 31.4 Å². The highest BCUT2D eigenvalue weighted by molar-refractivity contribution is 6.35. The van der Waals surface area contributed by atoms with E-state index in [0.29, 0.717) is 16.3 Å². The quantitative estimate of drug-likeness (QED) is 0.542. The lowest BCUT2D eigenvalue weighted by Gasteiger charge is -2.16. The number of nitrogens with one attached hydrogen (secondary N) is 1. The van der Waals surface area contributed by atoms with Gasteiger partial charge >= 0.3 is 0 Å². The van der Waals surface area contributed by atoms with Crippen molar-refractivity contribution in [3.8, 4) is 0 Å². The van der Waals surface area contributed by atoms with Crippen LogP contribution >= 0.6 is 11.6 Å². The molecule has 4 nitrogen and oxygen atoms in total. The van der Waals surface area contributed by atoms with Crippen LogP contribution in [-0.4, -0.2) is 13.0 Å². The molecule has 0 unspecified atom stereocenters. The number of pyridine rings is 1. The zero-order chi connectivity index (χ0) is 21.4. The molecular weight excluding hydrogens is 372 g/mol. The minimum Gasteiger partial charge on any atom is -0.321 e. The van der Waals surface area contributed by atoms with Crippen molar-refractivity contribution in [2.45, 2.75) is 53.9 Å². The monoisotopic (exact) mass is 403 g/mol. The van der Waals surface area contributed by atoms with E-state index in [1.54, 1.807) is 11.8 Å². The van der Waals surface area contributed by atoms with Gasteiger partial charge in [-0.3, -0.25) is 9.63 Å². The SMILES string of the molecule is C=C.CCc1cccc(CC)c1NC(=O)c1c(Cl)c(CC)c(C)[n+](OC)c1C. The van der Waals surface area contributed by atoms with Crippen molar-refractivity contribution in [3.63, 3.8) is 0 Å². The number of aromatic nitrogens is 1. The fourth-order valence-corrected chi connectivity index (χ4v) is 3.97. The molecule has 1 amide bonds. The molecule has 0 aliphatic rings. The zero-order valence-corrected chi connectivity index (χ0v) is 18.7. The number of anilines is 1. The van der Waals surface area contributed by atoms with Crippen molar-refractivity contribution < 1.29 is 14.4 Å². The van der Waals surface area contributed by atoms with Gasteiger partial charge in [-0.25, -0.2) is 0 Å². The van der Waals surface area contributed by atoms with Crippen molar-refractivity contribution in [2.24, 2.45) is 0 Å². The molecule has 0 aliphatic heterocycles. The van der Waals surface area contributed by atoms with Gasteiger partial charge in [0, 0.05) is 29.8 Å². The Balaban J connectivity index is 0.00000190. The molecule has 152 valence electrons. The maximum absolute atomic E-state index is 13.2. The molecule has 0 aliphatic carbocycles. The van der Waals surface area contributed by atoms with E-state index in [2.05, 4.69) is 32.3 Å². The van der Waals surface area contributed by atoms with Crippen molar-refractivity contribution in [2.75, 3.05) is 12.4 Å². The normalized spacial score (nSPS) is 10.1. The lowest BCUT2D eigenvalue weighted by atomic mass is 10.0. The zero-order valence-electron chi connectivity index (χ0n) is 17.9. The second-order valence-electron chi connectivity index (χ2n) is 6.28. The molecule has 2 rings (SSSR count). The molecule has 1 aromatic carbocycles. The molecule has 0 atom stereocenters. The summed E-state index contributed by atoms with van der Waals surface area (Å²) in [5, 5.41) is 3.61. The van der Waals surface area contributed by atoms with Gasteiger partial charge in [-0.15, -0.1) is 13.2 Å². The van der Waals surface area contributed by atoms with Crippen LogP contribution < -0.4 is 14.9 Å². The van der Waals surface area contributed by atoms with E-state index in [-0.39, 0.29) is 5.91 Å². The van der Waals surface area contributed by atoms with E-state index in [1.165, 1.54) is 0 Å². The van der Waals surface area contributed by atoms with Gasteiger partial charge in [-0.2, -0.15) is 0 Å². The Morgan fingerprint density at radius 2 is 1.61 bits per heavy atom. The second-order valence-corrected chi connectivity index (χ2v) is 6.66. The number of nitrogens with zero attached hydrogens (tertiary/aromatic N) is 1. The molecule has 0 saturated carbocycles. The van der Waals surface area contributed by atoms with Crippen molar-refractivity contribution in [1.29, 1.82) is 0 Å². The molecule has 0 radical (unpaired) electrons. The van der Waals surface area contributed by atoms with Crippen molar-refractivity contribution >= 4 is 23.2 Å². The van der Waals surface area contributed by atoms with Gasteiger partial charge in [-0.05, 0) is 30.4 Å². The van der Waals surface area contributed by atoms with Gasteiger partial charge in [-0.1, -0.05) is 50.6 Å². The number of rotatable bonds is 6. The minimum atomic E-state index is -0.205. The van der Waals surface area contributed by atoms with Crippen LogP contribution in [0.25, 0.3) is 0 Å². The Labute approximate surface area is 174 Å². The Hall–Kier alpha value is -2.33. The molecule has 0 fully saturated rings. The average molecular weight is 404 g/mol. The number of benzene rings is 1. The molecule has 1 aromatic heterocycles. The molecular formula is C23H32ClN2O2+. The van der Waals surface area contributed by atoms with Gasteiger partial charge in [0.25, 0.3) is 5.91 Å². The summed E-state index contributed by atoms with van der Waals surface area (Å²) in [6.45, 7) is 16.0. The standard InChI is InChI=1S/C21H27ClN2O2.C2H4/c1-7-15-11-10-12-16(8-2)20(15)23-21(25)18-14(5)24(26-6)13(4)17(9-3)19(18)22;1-2/h10-12H,7-9H2,1-6H3;1-2H2/p+1. The number of carbonyl (C=O) groups is 1. The predicted octanol–water partition coefficient (Wildman–Crippen LogP) is 5.04. The number of halogens is 1. The number of carbonyl (C=O) groups excluding carboxylic acids is 1. The molecule has 5 heteroatoms. The summed E-state index contributed by atoms with van der Waals surface area (Å²) in [6, 6.07) is 6.13. The van der Waals surface area contributed by atoms with E-state index in [4.69, 9.17) is 16.4 Å². The van der Waals surface area contributed by atoms with Crippen LogP contribution in [0.4, 0.5) is 5.69 Å². The molecule has 0 spiro atoms. The first-order valence-electron chi connectivity index (χ1n) is 9.61. The summed E-state index contributed by atoms with van der Waals surface area (Å²) in [5.74, 6) is -0.205. The predicted molar refractivity (Wildman–Crippen MR) is 117 cm³/mol. The van der Waals surface area contributed by atoms with Crippen LogP contribution in [-0.2, 0) is 19.3 Å². The molecule has 0 bridgehead atoms. The smallest absolute Gasteiger partial charge is 0.263 e. The van der Waals surface area contributed by atoms with Crippen LogP contribution in [0.3, 0.4) is 0 Å². The van der Waals surface area contributed by atoms with Crippen LogP contribution in [0.1, 0.15) is 59.2 Å². The molecule has 28 heavy (non-hydrogen) atoms. The van der Waals surface area contributed by atoms with Gasteiger partial charge in [0.05, 0.1) is 5.02 Å². The largest absolute Gasteiger partial charge is 0.321 e. The van der Waals surface area contributed by atoms with Gasteiger partial charge < -0.3 is 5.32 Å². The highest BCUT2D eigenvalue weighted by atomic mass is 35.5. The highest BCUT2D eigenvalue weighted by Gasteiger charge is 2.30. The van der Waals surface area contributed by atoms with Crippen molar-refractivity contribution in [1.82, 2.24) is 0 Å². The van der Waals surface area contributed by atoms with Crippen LogP contribution in [0.2, 0.25) is 5.02 Å². The number of hydrogen-bond acceptors (Lipinski definition) is 2.